The van der Waals surface area contributed by atoms with Crippen molar-refractivity contribution < 1.29 is 24.2 Å². The van der Waals surface area contributed by atoms with Gasteiger partial charge in [-0.3, -0.25) is 9.59 Å². The number of hydrogen-bond acceptors (Lipinski definition) is 5. The normalized spacial score (nSPS) is 20.4. The first kappa shape index (κ1) is 15.4. The maximum atomic E-state index is 11.9. The minimum atomic E-state index is -1.14. The number of carboxylic acid groups (broad SMARTS) is 1. The largest absolute Gasteiger partial charge is 0.480 e. The van der Waals surface area contributed by atoms with Crippen molar-refractivity contribution in [2.24, 2.45) is 5.92 Å². The van der Waals surface area contributed by atoms with Crippen LogP contribution in [0.15, 0.2) is 0 Å². The van der Waals surface area contributed by atoms with E-state index in [2.05, 4.69) is 15.4 Å². The molecule has 0 aromatic heterocycles. The average molecular weight is 272 g/mol. The second-order valence-electron chi connectivity index (χ2n) is 4.56. The van der Waals surface area contributed by atoms with E-state index in [1.807, 2.05) is 0 Å². The van der Waals surface area contributed by atoms with Gasteiger partial charge in [0.25, 0.3) is 0 Å². The number of aliphatic carboxylic acids is 1. The highest BCUT2D eigenvalue weighted by Gasteiger charge is 2.26. The van der Waals surface area contributed by atoms with Crippen molar-refractivity contribution in [3.8, 4) is 0 Å². The predicted octanol–water partition coefficient (Wildman–Crippen LogP) is -0.491. The van der Waals surface area contributed by atoms with E-state index in [9.17, 15) is 14.4 Å². The number of carbonyl (C=O) groups is 3. The van der Waals surface area contributed by atoms with Crippen LogP contribution in [0.1, 0.15) is 25.7 Å². The number of esters is 1. The third-order valence-electron chi connectivity index (χ3n) is 3.15. The number of carbonyl (C=O) groups excluding carboxylic acids is 2. The molecule has 1 saturated heterocycles. The van der Waals surface area contributed by atoms with Gasteiger partial charge in [-0.15, -0.1) is 0 Å². The van der Waals surface area contributed by atoms with Gasteiger partial charge in [-0.25, -0.2) is 4.79 Å². The van der Waals surface area contributed by atoms with Crippen LogP contribution < -0.4 is 10.6 Å². The van der Waals surface area contributed by atoms with E-state index in [1.165, 1.54) is 7.11 Å². The van der Waals surface area contributed by atoms with E-state index in [-0.39, 0.29) is 24.7 Å². The molecule has 7 nitrogen and oxygen atoms in total. The molecule has 1 unspecified atom stereocenters. The summed E-state index contributed by atoms with van der Waals surface area (Å²) in [5, 5.41) is 14.6. The van der Waals surface area contributed by atoms with Crippen LogP contribution in [-0.2, 0) is 19.1 Å². The van der Waals surface area contributed by atoms with E-state index in [1.54, 1.807) is 0 Å². The van der Waals surface area contributed by atoms with Crippen LogP contribution in [0.3, 0.4) is 0 Å². The number of piperidine rings is 1. The number of amides is 1. The molecule has 1 aliphatic heterocycles. The first-order chi connectivity index (χ1) is 9.04. The zero-order chi connectivity index (χ0) is 14.3. The van der Waals surface area contributed by atoms with Crippen molar-refractivity contribution in [2.45, 2.75) is 31.7 Å². The second kappa shape index (κ2) is 7.73. The fraction of sp³-hybridized carbons (Fsp3) is 0.750. The van der Waals surface area contributed by atoms with Crippen LogP contribution in [0, 0.1) is 5.92 Å². The van der Waals surface area contributed by atoms with Gasteiger partial charge in [0.15, 0.2) is 0 Å². The van der Waals surface area contributed by atoms with Crippen LogP contribution in [0.5, 0.6) is 0 Å². The van der Waals surface area contributed by atoms with Crippen LogP contribution in [0.4, 0.5) is 0 Å². The molecular weight excluding hydrogens is 252 g/mol. The van der Waals surface area contributed by atoms with Crippen molar-refractivity contribution in [1.82, 2.24) is 10.6 Å². The Hall–Kier alpha value is -1.63. The van der Waals surface area contributed by atoms with E-state index in [0.717, 1.165) is 19.4 Å². The summed E-state index contributed by atoms with van der Waals surface area (Å²) in [6.45, 7) is 1.45. The fourth-order valence-electron chi connectivity index (χ4n) is 1.99. The molecule has 1 rings (SSSR count). The predicted molar refractivity (Wildman–Crippen MR) is 66.4 cm³/mol. The summed E-state index contributed by atoms with van der Waals surface area (Å²) in [6.07, 6.45) is 1.66. The minimum absolute atomic E-state index is 0.0311. The van der Waals surface area contributed by atoms with E-state index in [0.29, 0.717) is 6.54 Å². The number of methoxy groups -OCH3 is 1. The van der Waals surface area contributed by atoms with Crippen molar-refractivity contribution in [1.29, 1.82) is 0 Å². The first-order valence-corrected chi connectivity index (χ1v) is 6.35. The molecule has 1 aliphatic rings. The van der Waals surface area contributed by atoms with Gasteiger partial charge in [-0.05, 0) is 25.8 Å². The molecule has 0 bridgehead atoms. The number of carboxylic acids is 1. The monoisotopic (exact) mass is 272 g/mol. The lowest BCUT2D eigenvalue weighted by Gasteiger charge is -2.23. The Balaban J connectivity index is 2.45. The lowest BCUT2D eigenvalue weighted by Crippen LogP contribution is -2.47. The molecule has 2 atom stereocenters. The Kier molecular flexibility index (Phi) is 6.27. The summed E-state index contributed by atoms with van der Waals surface area (Å²) >= 11 is 0. The quantitative estimate of drug-likeness (QED) is 0.563. The highest BCUT2D eigenvalue weighted by Crippen LogP contribution is 2.11. The van der Waals surface area contributed by atoms with Crippen molar-refractivity contribution in [3.05, 3.63) is 0 Å². The maximum Gasteiger partial charge on any atom is 0.326 e. The van der Waals surface area contributed by atoms with Gasteiger partial charge in [0.05, 0.1) is 13.0 Å². The van der Waals surface area contributed by atoms with Crippen LogP contribution >= 0.6 is 0 Å². The lowest BCUT2D eigenvalue weighted by atomic mass is 9.98. The smallest absolute Gasteiger partial charge is 0.326 e. The molecule has 1 heterocycles. The van der Waals surface area contributed by atoms with Gasteiger partial charge in [0.2, 0.25) is 5.91 Å². The van der Waals surface area contributed by atoms with Crippen molar-refractivity contribution >= 4 is 17.8 Å². The highest BCUT2D eigenvalue weighted by atomic mass is 16.5. The fourth-order valence-corrected chi connectivity index (χ4v) is 1.99. The summed E-state index contributed by atoms with van der Waals surface area (Å²) in [5.41, 5.74) is 0. The van der Waals surface area contributed by atoms with Crippen molar-refractivity contribution in [2.75, 3.05) is 20.2 Å². The number of ether oxygens (including phenoxy) is 1. The highest BCUT2D eigenvalue weighted by molar-refractivity contribution is 5.85. The van der Waals surface area contributed by atoms with Gasteiger partial charge in [-0.2, -0.15) is 0 Å². The minimum Gasteiger partial charge on any atom is -0.480 e. The van der Waals surface area contributed by atoms with E-state index in [4.69, 9.17) is 5.11 Å². The SMILES string of the molecule is COC(=O)CCC(NC(=O)[C@@H]1CCCNC1)C(=O)O. The van der Waals surface area contributed by atoms with Crippen LogP contribution in [-0.4, -0.2) is 49.2 Å². The average Bonchev–Trinajstić information content (AvgIpc) is 2.43. The van der Waals surface area contributed by atoms with Crippen LogP contribution in [0.2, 0.25) is 0 Å². The summed E-state index contributed by atoms with van der Waals surface area (Å²) in [5.74, 6) is -2.10. The molecule has 3 N–H and O–H groups in total. The number of nitrogens with one attached hydrogen (secondary N) is 2. The van der Waals surface area contributed by atoms with Crippen molar-refractivity contribution in [3.63, 3.8) is 0 Å². The van der Waals surface area contributed by atoms with Gasteiger partial charge in [0, 0.05) is 13.0 Å². The summed E-state index contributed by atoms with van der Waals surface area (Å²) in [7, 11) is 1.24. The molecule has 0 aromatic rings. The Bertz CT molecular complexity index is 339. The summed E-state index contributed by atoms with van der Waals surface area (Å²) in [4.78, 5) is 33.9. The number of hydrogen-bond donors (Lipinski definition) is 3. The van der Waals surface area contributed by atoms with Gasteiger partial charge < -0.3 is 20.5 Å². The number of rotatable bonds is 6. The molecule has 7 heteroatoms. The van der Waals surface area contributed by atoms with Gasteiger partial charge in [-0.1, -0.05) is 0 Å². The van der Waals surface area contributed by atoms with E-state index >= 15 is 0 Å². The lowest BCUT2D eigenvalue weighted by molar-refractivity contribution is -0.144. The Morgan fingerprint density at radius 1 is 1.47 bits per heavy atom. The molecule has 108 valence electrons. The van der Waals surface area contributed by atoms with Gasteiger partial charge >= 0.3 is 11.9 Å². The molecule has 0 radical (unpaired) electrons. The molecule has 19 heavy (non-hydrogen) atoms. The third-order valence-corrected chi connectivity index (χ3v) is 3.15. The van der Waals surface area contributed by atoms with E-state index < -0.39 is 18.0 Å². The standard InChI is InChI=1S/C12H20N2O5/c1-19-10(15)5-4-9(12(17)18)14-11(16)8-3-2-6-13-7-8/h8-9,13H,2-7H2,1H3,(H,14,16)(H,17,18)/t8-,9?/m1/s1. The molecule has 0 aromatic carbocycles. The zero-order valence-corrected chi connectivity index (χ0v) is 11.0. The molecule has 0 aliphatic carbocycles. The molecule has 1 fully saturated rings. The molecule has 1 amide bonds. The Morgan fingerprint density at radius 2 is 2.21 bits per heavy atom. The Morgan fingerprint density at radius 3 is 2.74 bits per heavy atom. The molecule has 0 spiro atoms. The van der Waals surface area contributed by atoms with Gasteiger partial charge in [0.1, 0.15) is 6.04 Å². The molecular formula is C12H20N2O5. The first-order valence-electron chi connectivity index (χ1n) is 6.35. The summed E-state index contributed by atoms with van der Waals surface area (Å²) in [6, 6.07) is -1.05. The summed E-state index contributed by atoms with van der Waals surface area (Å²) < 4.78 is 4.45. The zero-order valence-electron chi connectivity index (χ0n) is 11.0. The second-order valence-corrected chi connectivity index (χ2v) is 4.56. The third kappa shape index (κ3) is 5.25. The maximum absolute atomic E-state index is 11.9. The molecule has 0 saturated carbocycles. The Labute approximate surface area is 111 Å². The topological polar surface area (TPSA) is 105 Å². The van der Waals surface area contributed by atoms with Crippen LogP contribution in [0.25, 0.3) is 0 Å².